The third-order valence-corrected chi connectivity index (χ3v) is 5.20. The minimum Gasteiger partial charge on any atom is -0.393 e. The van der Waals surface area contributed by atoms with Crippen LogP contribution in [0, 0.1) is 11.7 Å². The largest absolute Gasteiger partial charge is 0.393 e. The Kier molecular flexibility index (Phi) is 4.20. The smallest absolute Gasteiger partial charge is 0.253 e. The molecular weight excluding hydrogens is 337 g/mol. The molecule has 0 unspecified atom stereocenters. The van der Waals surface area contributed by atoms with Gasteiger partial charge in [-0.05, 0) is 31.0 Å². The van der Waals surface area contributed by atoms with E-state index in [0.29, 0.717) is 23.9 Å². The van der Waals surface area contributed by atoms with E-state index in [1.807, 2.05) is 7.05 Å². The van der Waals surface area contributed by atoms with Crippen molar-refractivity contribution in [2.24, 2.45) is 13.0 Å². The van der Waals surface area contributed by atoms with E-state index in [4.69, 9.17) is 0 Å². The van der Waals surface area contributed by atoms with Crippen LogP contribution >= 0.6 is 0 Å². The lowest BCUT2D eigenvalue weighted by Gasteiger charge is -2.14. The summed E-state index contributed by atoms with van der Waals surface area (Å²) in [5.41, 5.74) is 1.23. The first-order chi connectivity index (χ1) is 12.5. The second-order valence-electron chi connectivity index (χ2n) is 6.89. The first kappa shape index (κ1) is 16.7. The van der Waals surface area contributed by atoms with Crippen LogP contribution in [0.1, 0.15) is 34.9 Å². The third-order valence-electron chi connectivity index (χ3n) is 5.20. The number of rotatable bonds is 4. The molecule has 7 nitrogen and oxygen atoms in total. The molecular formula is C18H20FN5O2. The summed E-state index contributed by atoms with van der Waals surface area (Å²) in [6, 6.07) is 4.40. The molecule has 2 aromatic heterocycles. The first-order valence-electron chi connectivity index (χ1n) is 8.59. The normalized spacial score (nSPS) is 22.8. The maximum atomic E-state index is 13.6. The standard InChI is InChI=1S/C18H20FN5O2/c1-24-8-14(13-6-12(19)2-3-15(13)24)18(26)20-7-11-4-10(5-16(11)25)17-21-9-22-23-17/h2-3,6,8-11,16,25H,4-5,7H2,1H3,(H,20,26)(H,21,22,23)/t10-,11+,16+/m1/s1. The van der Waals surface area contributed by atoms with Crippen LogP contribution in [-0.4, -0.2) is 43.4 Å². The average molecular weight is 357 g/mol. The fourth-order valence-corrected chi connectivity index (χ4v) is 3.82. The highest BCUT2D eigenvalue weighted by Gasteiger charge is 2.35. The van der Waals surface area contributed by atoms with Gasteiger partial charge in [-0.15, -0.1) is 0 Å². The predicted octanol–water partition coefficient (Wildman–Crippen LogP) is 1.72. The lowest BCUT2D eigenvalue weighted by Crippen LogP contribution is -2.32. The van der Waals surface area contributed by atoms with Crippen LogP contribution in [0.3, 0.4) is 0 Å². The second kappa shape index (κ2) is 6.53. The average Bonchev–Trinajstić information content (AvgIpc) is 3.32. The zero-order valence-electron chi connectivity index (χ0n) is 14.3. The molecule has 3 aromatic rings. The Morgan fingerprint density at radius 2 is 2.31 bits per heavy atom. The van der Waals surface area contributed by atoms with E-state index in [-0.39, 0.29) is 23.6 Å². The van der Waals surface area contributed by atoms with E-state index >= 15 is 0 Å². The number of nitrogens with one attached hydrogen (secondary N) is 2. The van der Waals surface area contributed by atoms with Gasteiger partial charge in [0.1, 0.15) is 18.0 Å². The number of nitrogens with zero attached hydrogens (tertiary/aromatic N) is 3. The van der Waals surface area contributed by atoms with Gasteiger partial charge in [0.15, 0.2) is 0 Å². The number of halogens is 1. The van der Waals surface area contributed by atoms with Crippen molar-refractivity contribution >= 4 is 16.8 Å². The highest BCUT2D eigenvalue weighted by Crippen LogP contribution is 2.36. The third kappa shape index (κ3) is 2.96. The van der Waals surface area contributed by atoms with E-state index in [1.165, 1.54) is 18.5 Å². The summed E-state index contributed by atoms with van der Waals surface area (Å²) in [6.07, 6.45) is 3.96. The van der Waals surface area contributed by atoms with Crippen molar-refractivity contribution < 1.29 is 14.3 Å². The molecule has 26 heavy (non-hydrogen) atoms. The number of H-pyrrole nitrogens is 1. The number of benzene rings is 1. The number of fused-ring (bicyclic) bond motifs is 1. The number of amides is 1. The number of aromatic nitrogens is 4. The summed E-state index contributed by atoms with van der Waals surface area (Å²) in [7, 11) is 1.82. The molecule has 8 heteroatoms. The molecule has 1 amide bonds. The monoisotopic (exact) mass is 357 g/mol. The molecule has 1 aliphatic carbocycles. The van der Waals surface area contributed by atoms with Crippen LogP contribution in [0.2, 0.25) is 0 Å². The predicted molar refractivity (Wildman–Crippen MR) is 93.1 cm³/mol. The van der Waals surface area contributed by atoms with Crippen molar-refractivity contribution in [2.75, 3.05) is 6.54 Å². The maximum absolute atomic E-state index is 13.6. The molecule has 136 valence electrons. The summed E-state index contributed by atoms with van der Waals surface area (Å²) >= 11 is 0. The van der Waals surface area contributed by atoms with Crippen LogP contribution in [0.4, 0.5) is 4.39 Å². The molecule has 4 rings (SSSR count). The fourth-order valence-electron chi connectivity index (χ4n) is 3.82. The lowest BCUT2D eigenvalue weighted by molar-refractivity contribution is 0.0918. The second-order valence-corrected chi connectivity index (χ2v) is 6.89. The molecule has 2 heterocycles. The van der Waals surface area contributed by atoms with Gasteiger partial charge in [0, 0.05) is 42.5 Å². The molecule has 0 spiro atoms. The van der Waals surface area contributed by atoms with Crippen LogP contribution in [0.25, 0.3) is 10.9 Å². The van der Waals surface area contributed by atoms with E-state index < -0.39 is 6.10 Å². The highest BCUT2D eigenvalue weighted by molar-refractivity contribution is 6.07. The summed E-state index contributed by atoms with van der Waals surface area (Å²) in [6.45, 7) is 0.357. The van der Waals surface area contributed by atoms with E-state index in [9.17, 15) is 14.3 Å². The Bertz CT molecular complexity index is 937. The number of carbonyl (C=O) groups excluding carboxylic acids is 1. The van der Waals surface area contributed by atoms with Crippen LogP contribution < -0.4 is 5.32 Å². The van der Waals surface area contributed by atoms with Crippen LogP contribution in [-0.2, 0) is 7.05 Å². The van der Waals surface area contributed by atoms with Crippen molar-refractivity contribution in [3.05, 3.63) is 47.9 Å². The van der Waals surface area contributed by atoms with Gasteiger partial charge in [0.05, 0.1) is 11.7 Å². The van der Waals surface area contributed by atoms with Gasteiger partial charge in [-0.3, -0.25) is 9.89 Å². The first-order valence-corrected chi connectivity index (χ1v) is 8.59. The number of aryl methyl sites for hydroxylation is 1. The number of carbonyl (C=O) groups is 1. The molecule has 1 saturated carbocycles. The topological polar surface area (TPSA) is 95.8 Å². The molecule has 1 aromatic carbocycles. The van der Waals surface area contributed by atoms with Gasteiger partial charge in [-0.1, -0.05) is 0 Å². The number of aliphatic hydroxyl groups excluding tert-OH is 1. The number of aromatic amines is 1. The van der Waals surface area contributed by atoms with Gasteiger partial charge in [-0.25, -0.2) is 9.37 Å². The quantitative estimate of drug-likeness (QED) is 0.662. The molecule has 1 fully saturated rings. The fraction of sp³-hybridized carbons (Fsp3) is 0.389. The Morgan fingerprint density at radius 3 is 3.08 bits per heavy atom. The molecule has 0 radical (unpaired) electrons. The number of hydrogen-bond acceptors (Lipinski definition) is 4. The molecule has 3 atom stereocenters. The summed E-state index contributed by atoms with van der Waals surface area (Å²) in [5.74, 6) is 0.180. The Hall–Kier alpha value is -2.74. The van der Waals surface area contributed by atoms with E-state index in [2.05, 4.69) is 20.5 Å². The Balaban J connectivity index is 1.45. The minimum absolute atomic E-state index is 0.0548. The lowest BCUT2D eigenvalue weighted by atomic mass is 10.0. The van der Waals surface area contributed by atoms with Crippen LogP contribution in [0.5, 0.6) is 0 Å². The zero-order chi connectivity index (χ0) is 18.3. The number of hydrogen-bond donors (Lipinski definition) is 3. The van der Waals surface area contributed by atoms with Gasteiger partial charge < -0.3 is 15.0 Å². The van der Waals surface area contributed by atoms with Crippen molar-refractivity contribution in [3.8, 4) is 0 Å². The van der Waals surface area contributed by atoms with E-state index in [0.717, 1.165) is 17.8 Å². The van der Waals surface area contributed by atoms with Crippen molar-refractivity contribution in [1.82, 2.24) is 25.1 Å². The van der Waals surface area contributed by atoms with Crippen molar-refractivity contribution in [1.29, 1.82) is 0 Å². The molecule has 0 bridgehead atoms. The molecule has 1 aliphatic rings. The Morgan fingerprint density at radius 1 is 1.46 bits per heavy atom. The van der Waals surface area contributed by atoms with Crippen molar-refractivity contribution in [3.63, 3.8) is 0 Å². The van der Waals surface area contributed by atoms with Gasteiger partial charge in [0.2, 0.25) is 0 Å². The SMILES string of the molecule is Cn1cc(C(=O)NC[C@@H]2C[C@@H](c3ncn[nH]3)C[C@@H]2O)c2cc(F)ccc21. The van der Waals surface area contributed by atoms with Crippen LogP contribution in [0.15, 0.2) is 30.7 Å². The Labute approximate surface area is 149 Å². The minimum atomic E-state index is -0.504. The van der Waals surface area contributed by atoms with Gasteiger partial charge in [0.25, 0.3) is 5.91 Å². The summed E-state index contributed by atoms with van der Waals surface area (Å²) in [4.78, 5) is 16.8. The summed E-state index contributed by atoms with van der Waals surface area (Å²) < 4.78 is 15.4. The number of aliphatic hydroxyl groups is 1. The van der Waals surface area contributed by atoms with Crippen molar-refractivity contribution in [2.45, 2.75) is 24.9 Å². The molecule has 3 N–H and O–H groups in total. The van der Waals surface area contributed by atoms with Gasteiger partial charge >= 0.3 is 0 Å². The highest BCUT2D eigenvalue weighted by atomic mass is 19.1. The zero-order valence-corrected chi connectivity index (χ0v) is 14.3. The molecule has 0 saturated heterocycles. The molecule has 0 aliphatic heterocycles. The van der Waals surface area contributed by atoms with Gasteiger partial charge in [-0.2, -0.15) is 5.10 Å². The maximum Gasteiger partial charge on any atom is 0.253 e. The summed E-state index contributed by atoms with van der Waals surface area (Å²) in [5, 5.41) is 20.4. The van der Waals surface area contributed by atoms with E-state index in [1.54, 1.807) is 16.8 Å².